The zero-order valence-electron chi connectivity index (χ0n) is 14.4. The quantitative estimate of drug-likeness (QED) is 0.753. The van der Waals surface area contributed by atoms with Crippen molar-refractivity contribution in [1.29, 1.82) is 0 Å². The first-order valence-electron chi connectivity index (χ1n) is 7.53. The van der Waals surface area contributed by atoms with Gasteiger partial charge in [0.2, 0.25) is 15.9 Å². The minimum atomic E-state index is -3.93. The van der Waals surface area contributed by atoms with Crippen molar-refractivity contribution in [2.75, 3.05) is 29.5 Å². The van der Waals surface area contributed by atoms with Crippen LogP contribution in [0.1, 0.15) is 10.4 Å². The van der Waals surface area contributed by atoms with Crippen LogP contribution in [-0.2, 0) is 19.6 Å². The van der Waals surface area contributed by atoms with E-state index in [0.29, 0.717) is 16.1 Å². The SMILES string of the molecule is COC(=O)c1ccc(NC(=O)CN(c2ccc(F)c(F)c2)S(C)(=O)=O)cc1. The van der Waals surface area contributed by atoms with Gasteiger partial charge in [-0.3, -0.25) is 9.10 Å². The molecule has 0 aliphatic heterocycles. The first kappa shape index (κ1) is 20.3. The van der Waals surface area contributed by atoms with Gasteiger partial charge in [0.05, 0.1) is 24.6 Å². The van der Waals surface area contributed by atoms with Crippen LogP contribution < -0.4 is 9.62 Å². The monoisotopic (exact) mass is 398 g/mol. The summed E-state index contributed by atoms with van der Waals surface area (Å²) in [6, 6.07) is 8.23. The molecule has 0 unspecified atom stereocenters. The van der Waals surface area contributed by atoms with Crippen molar-refractivity contribution < 1.29 is 31.5 Å². The van der Waals surface area contributed by atoms with Crippen molar-refractivity contribution in [2.24, 2.45) is 0 Å². The van der Waals surface area contributed by atoms with Crippen LogP contribution in [-0.4, -0.2) is 40.2 Å². The molecule has 0 heterocycles. The molecule has 0 radical (unpaired) electrons. The Kier molecular flexibility index (Phi) is 6.11. The molecule has 0 aromatic heterocycles. The van der Waals surface area contributed by atoms with E-state index in [1.54, 1.807) is 0 Å². The van der Waals surface area contributed by atoms with Gasteiger partial charge in [-0.2, -0.15) is 0 Å². The summed E-state index contributed by atoms with van der Waals surface area (Å²) >= 11 is 0. The van der Waals surface area contributed by atoms with Crippen LogP contribution in [0, 0.1) is 11.6 Å². The van der Waals surface area contributed by atoms with Gasteiger partial charge in [0, 0.05) is 11.8 Å². The standard InChI is InChI=1S/C17H16F2N2O5S/c1-26-17(23)11-3-5-12(6-4-11)20-16(22)10-21(27(2,24)25)13-7-8-14(18)15(19)9-13/h3-9H,10H2,1-2H3,(H,20,22). The van der Waals surface area contributed by atoms with E-state index in [4.69, 9.17) is 0 Å². The van der Waals surface area contributed by atoms with Crippen molar-refractivity contribution in [3.05, 3.63) is 59.7 Å². The molecule has 10 heteroatoms. The van der Waals surface area contributed by atoms with Crippen LogP contribution in [0.25, 0.3) is 0 Å². The molecule has 0 spiro atoms. The Hall–Kier alpha value is -3.01. The van der Waals surface area contributed by atoms with Crippen LogP contribution in [0.3, 0.4) is 0 Å². The highest BCUT2D eigenvalue weighted by Gasteiger charge is 2.22. The number of benzene rings is 2. The average Bonchev–Trinajstić information content (AvgIpc) is 2.61. The molecule has 0 fully saturated rings. The molecular weight excluding hydrogens is 382 g/mol. The highest BCUT2D eigenvalue weighted by Crippen LogP contribution is 2.20. The summed E-state index contributed by atoms with van der Waals surface area (Å²) in [5.74, 6) is -3.63. The third-order valence-electron chi connectivity index (χ3n) is 3.47. The number of nitrogens with one attached hydrogen (secondary N) is 1. The van der Waals surface area contributed by atoms with Gasteiger partial charge in [-0.1, -0.05) is 0 Å². The number of sulfonamides is 1. The predicted octanol–water partition coefficient (Wildman–Crippen LogP) is 2.16. The number of carbonyl (C=O) groups is 2. The van der Waals surface area contributed by atoms with Gasteiger partial charge < -0.3 is 10.1 Å². The lowest BCUT2D eigenvalue weighted by atomic mass is 10.2. The Balaban J connectivity index is 2.17. The Morgan fingerprint density at radius 3 is 2.22 bits per heavy atom. The van der Waals surface area contributed by atoms with Crippen LogP contribution in [0.4, 0.5) is 20.2 Å². The third kappa shape index (κ3) is 5.23. The number of esters is 1. The molecule has 2 aromatic rings. The lowest BCUT2D eigenvalue weighted by Crippen LogP contribution is -2.37. The van der Waals surface area contributed by atoms with Crippen LogP contribution >= 0.6 is 0 Å². The highest BCUT2D eigenvalue weighted by atomic mass is 32.2. The fourth-order valence-electron chi connectivity index (χ4n) is 2.18. The summed E-state index contributed by atoms with van der Waals surface area (Å²) in [4.78, 5) is 23.6. The smallest absolute Gasteiger partial charge is 0.337 e. The van der Waals surface area contributed by atoms with E-state index in [1.165, 1.54) is 31.4 Å². The molecule has 0 saturated carbocycles. The predicted molar refractivity (Wildman–Crippen MR) is 95.0 cm³/mol. The Morgan fingerprint density at radius 1 is 1.07 bits per heavy atom. The van der Waals surface area contributed by atoms with Gasteiger partial charge in [0.25, 0.3) is 0 Å². The maximum absolute atomic E-state index is 13.4. The maximum Gasteiger partial charge on any atom is 0.337 e. The van der Waals surface area contributed by atoms with E-state index >= 15 is 0 Å². The topological polar surface area (TPSA) is 92.8 Å². The van der Waals surface area contributed by atoms with Gasteiger partial charge in [-0.25, -0.2) is 22.0 Å². The maximum atomic E-state index is 13.4. The van der Waals surface area contributed by atoms with Crippen molar-refractivity contribution >= 4 is 33.3 Å². The average molecular weight is 398 g/mol. The summed E-state index contributed by atoms with van der Waals surface area (Å²) in [7, 11) is -2.70. The molecule has 0 bridgehead atoms. The van der Waals surface area contributed by atoms with Crippen LogP contribution in [0.2, 0.25) is 0 Å². The molecule has 144 valence electrons. The molecule has 27 heavy (non-hydrogen) atoms. The molecule has 0 atom stereocenters. The van der Waals surface area contributed by atoms with E-state index in [9.17, 15) is 26.8 Å². The molecule has 0 saturated heterocycles. The zero-order valence-corrected chi connectivity index (χ0v) is 15.2. The Morgan fingerprint density at radius 2 is 1.70 bits per heavy atom. The highest BCUT2D eigenvalue weighted by molar-refractivity contribution is 7.92. The molecule has 0 aliphatic carbocycles. The minimum absolute atomic E-state index is 0.187. The molecule has 1 amide bonds. The van der Waals surface area contributed by atoms with E-state index < -0.39 is 40.1 Å². The van der Waals surface area contributed by atoms with Gasteiger partial charge in [-0.15, -0.1) is 0 Å². The number of halogens is 2. The van der Waals surface area contributed by atoms with Gasteiger partial charge in [-0.05, 0) is 36.4 Å². The van der Waals surface area contributed by atoms with E-state index in [-0.39, 0.29) is 11.3 Å². The molecular formula is C17H16F2N2O5S. The summed E-state index contributed by atoms with van der Waals surface area (Å²) in [5, 5.41) is 2.46. The van der Waals surface area contributed by atoms with Crippen LogP contribution in [0.15, 0.2) is 42.5 Å². The molecule has 7 nitrogen and oxygen atoms in total. The lowest BCUT2D eigenvalue weighted by Gasteiger charge is -2.22. The second-order valence-corrected chi connectivity index (χ2v) is 7.39. The first-order chi connectivity index (χ1) is 12.6. The second-order valence-electron chi connectivity index (χ2n) is 5.49. The minimum Gasteiger partial charge on any atom is -0.465 e. The number of hydrogen-bond acceptors (Lipinski definition) is 5. The zero-order chi connectivity index (χ0) is 20.2. The van der Waals surface area contributed by atoms with Crippen molar-refractivity contribution in [3.63, 3.8) is 0 Å². The first-order valence-corrected chi connectivity index (χ1v) is 9.37. The Bertz CT molecular complexity index is 962. The third-order valence-corrected chi connectivity index (χ3v) is 4.61. The number of rotatable bonds is 6. The number of anilines is 2. The van der Waals surface area contributed by atoms with E-state index in [1.807, 2.05) is 0 Å². The number of methoxy groups -OCH3 is 1. The largest absolute Gasteiger partial charge is 0.465 e. The fourth-order valence-corrected chi connectivity index (χ4v) is 3.03. The summed E-state index contributed by atoms with van der Waals surface area (Å²) in [6.45, 7) is -0.650. The number of nitrogens with zero attached hydrogens (tertiary/aromatic N) is 1. The number of hydrogen-bond donors (Lipinski definition) is 1. The fraction of sp³-hybridized carbons (Fsp3) is 0.176. The molecule has 0 aliphatic rings. The van der Waals surface area contributed by atoms with Crippen LogP contribution in [0.5, 0.6) is 0 Å². The summed E-state index contributed by atoms with van der Waals surface area (Å²) < 4.78 is 55.6. The second kappa shape index (κ2) is 8.12. The van der Waals surface area contributed by atoms with E-state index in [0.717, 1.165) is 18.4 Å². The summed E-state index contributed by atoms with van der Waals surface area (Å²) in [6.07, 6.45) is 0.840. The van der Waals surface area contributed by atoms with Gasteiger partial charge in [0.15, 0.2) is 11.6 Å². The van der Waals surface area contributed by atoms with Gasteiger partial charge >= 0.3 is 5.97 Å². The Labute approximate surface area is 154 Å². The summed E-state index contributed by atoms with van der Waals surface area (Å²) in [5.41, 5.74) is 0.397. The lowest BCUT2D eigenvalue weighted by molar-refractivity contribution is -0.114. The normalized spacial score (nSPS) is 11.0. The van der Waals surface area contributed by atoms with E-state index in [2.05, 4.69) is 10.1 Å². The number of ether oxygens (including phenoxy) is 1. The molecule has 2 aromatic carbocycles. The number of carbonyl (C=O) groups excluding carboxylic acids is 2. The van der Waals surface area contributed by atoms with Crippen molar-refractivity contribution in [3.8, 4) is 0 Å². The number of amides is 1. The molecule has 1 N–H and O–H groups in total. The molecule has 2 rings (SSSR count). The van der Waals surface area contributed by atoms with Crippen molar-refractivity contribution in [1.82, 2.24) is 0 Å². The van der Waals surface area contributed by atoms with Crippen molar-refractivity contribution in [2.45, 2.75) is 0 Å². The van der Waals surface area contributed by atoms with Gasteiger partial charge in [0.1, 0.15) is 6.54 Å².